The van der Waals surface area contributed by atoms with Gasteiger partial charge < -0.3 is 4.74 Å². The minimum Gasteiger partial charge on any atom is -0.420 e. The second-order valence-electron chi connectivity index (χ2n) is 6.37. The first-order valence-corrected chi connectivity index (χ1v) is 8.58. The van der Waals surface area contributed by atoms with Crippen LogP contribution >= 0.6 is 11.6 Å². The summed E-state index contributed by atoms with van der Waals surface area (Å²) in [7, 11) is 0. The highest BCUT2D eigenvalue weighted by molar-refractivity contribution is 6.30. The summed E-state index contributed by atoms with van der Waals surface area (Å²) in [5.41, 5.74) is 0.528. The number of halogens is 6. The van der Waals surface area contributed by atoms with Gasteiger partial charge in [0.1, 0.15) is 5.78 Å². The second-order valence-corrected chi connectivity index (χ2v) is 6.81. The van der Waals surface area contributed by atoms with Gasteiger partial charge in [0.05, 0.1) is 5.92 Å². The molecule has 28 heavy (non-hydrogen) atoms. The zero-order valence-electron chi connectivity index (χ0n) is 14.1. The van der Waals surface area contributed by atoms with Crippen molar-refractivity contribution in [1.29, 1.82) is 0 Å². The van der Waals surface area contributed by atoms with Crippen LogP contribution in [0.3, 0.4) is 0 Å². The molecule has 0 unspecified atom stereocenters. The smallest absolute Gasteiger partial charge is 0.315 e. The third kappa shape index (κ3) is 3.73. The summed E-state index contributed by atoms with van der Waals surface area (Å²) < 4.78 is 71.9. The fourth-order valence-corrected chi connectivity index (χ4v) is 3.43. The predicted octanol–water partition coefficient (Wildman–Crippen LogP) is 5.09. The van der Waals surface area contributed by atoms with Crippen molar-refractivity contribution in [1.82, 2.24) is 0 Å². The molecule has 1 saturated carbocycles. The lowest BCUT2D eigenvalue weighted by Gasteiger charge is -2.29. The Bertz CT molecular complexity index is 934. The average Bonchev–Trinajstić information content (AvgIpc) is 2.68. The number of ketones is 1. The largest absolute Gasteiger partial charge is 0.420 e. The van der Waals surface area contributed by atoms with Crippen molar-refractivity contribution in [2.45, 2.75) is 25.2 Å². The fourth-order valence-electron chi connectivity index (χ4n) is 3.23. The predicted molar refractivity (Wildman–Crippen MR) is 88.4 cm³/mol. The van der Waals surface area contributed by atoms with Gasteiger partial charge in [0, 0.05) is 23.8 Å². The first-order valence-electron chi connectivity index (χ1n) is 8.21. The third-order valence-electron chi connectivity index (χ3n) is 4.62. The minimum absolute atomic E-state index is 0.00421. The molecule has 1 aliphatic rings. The first-order chi connectivity index (χ1) is 13.2. The molecule has 2 aromatic carbocycles. The molecular formula is C19H12ClF5O3. The number of benzene rings is 2. The van der Waals surface area contributed by atoms with E-state index < -0.39 is 52.6 Å². The lowest BCUT2D eigenvalue weighted by molar-refractivity contribution is -0.142. The van der Waals surface area contributed by atoms with Crippen molar-refractivity contribution in [3.8, 4) is 5.75 Å². The first kappa shape index (κ1) is 20.3. The summed E-state index contributed by atoms with van der Waals surface area (Å²) in [6, 6.07) is 6.33. The molecule has 9 heteroatoms. The third-order valence-corrected chi connectivity index (χ3v) is 4.85. The Morgan fingerprint density at radius 2 is 1.61 bits per heavy atom. The zero-order valence-corrected chi connectivity index (χ0v) is 14.8. The van der Waals surface area contributed by atoms with E-state index in [-0.39, 0.29) is 25.0 Å². The lowest BCUT2D eigenvalue weighted by Crippen LogP contribution is -2.33. The van der Waals surface area contributed by atoms with Crippen LogP contribution in [0.2, 0.25) is 5.02 Å². The molecule has 0 amide bonds. The van der Waals surface area contributed by atoms with Crippen LogP contribution in [0.25, 0.3) is 0 Å². The molecule has 2 atom stereocenters. The van der Waals surface area contributed by atoms with E-state index in [1.54, 1.807) is 18.2 Å². The Morgan fingerprint density at radius 1 is 1.00 bits per heavy atom. The number of ether oxygens (including phenoxy) is 1. The topological polar surface area (TPSA) is 43.4 Å². The molecule has 0 saturated heterocycles. The molecule has 0 bridgehead atoms. The van der Waals surface area contributed by atoms with Gasteiger partial charge in [-0.25, -0.2) is 13.2 Å². The number of hydrogen-bond donors (Lipinski definition) is 0. The monoisotopic (exact) mass is 418 g/mol. The Morgan fingerprint density at radius 3 is 2.21 bits per heavy atom. The summed E-state index contributed by atoms with van der Waals surface area (Å²) in [6.45, 7) is 0. The van der Waals surface area contributed by atoms with E-state index >= 15 is 0 Å². The quantitative estimate of drug-likeness (QED) is 0.229. The Hall–Kier alpha value is -2.48. The van der Waals surface area contributed by atoms with E-state index in [0.29, 0.717) is 10.6 Å². The van der Waals surface area contributed by atoms with Crippen LogP contribution in [0, 0.1) is 35.0 Å². The highest BCUT2D eigenvalue weighted by Gasteiger charge is 2.38. The molecule has 0 heterocycles. The summed E-state index contributed by atoms with van der Waals surface area (Å²) in [5.74, 6) is -16.0. The van der Waals surface area contributed by atoms with Crippen LogP contribution in [0.1, 0.15) is 30.7 Å². The summed E-state index contributed by atoms with van der Waals surface area (Å²) in [6.07, 6.45) is -0.0185. The van der Waals surface area contributed by atoms with Crippen molar-refractivity contribution in [3.05, 3.63) is 63.9 Å². The van der Waals surface area contributed by atoms with E-state index in [0.717, 1.165) is 0 Å². The van der Waals surface area contributed by atoms with Crippen LogP contribution in [-0.4, -0.2) is 11.8 Å². The molecule has 1 fully saturated rings. The summed E-state index contributed by atoms with van der Waals surface area (Å²) >= 11 is 5.93. The van der Waals surface area contributed by atoms with Crippen LogP contribution in [0.4, 0.5) is 22.0 Å². The van der Waals surface area contributed by atoms with Gasteiger partial charge in [-0.3, -0.25) is 9.59 Å². The molecule has 0 spiro atoms. The molecule has 1 aliphatic carbocycles. The molecule has 148 valence electrons. The molecule has 3 rings (SSSR count). The Labute approximate surface area is 161 Å². The number of Topliss-reactive ketones (excluding diaryl/α,β-unsaturated/α-hetero) is 1. The van der Waals surface area contributed by atoms with Gasteiger partial charge in [-0.05, 0) is 24.1 Å². The van der Waals surface area contributed by atoms with Crippen molar-refractivity contribution in [2.75, 3.05) is 0 Å². The normalized spacial score (nSPS) is 19.6. The van der Waals surface area contributed by atoms with Crippen molar-refractivity contribution in [2.24, 2.45) is 5.92 Å². The maximum Gasteiger partial charge on any atom is 0.315 e. The fraction of sp³-hybridized carbons (Fsp3) is 0.263. The van der Waals surface area contributed by atoms with E-state index in [4.69, 9.17) is 11.6 Å². The molecule has 0 N–H and O–H groups in total. The van der Waals surface area contributed by atoms with Crippen molar-refractivity contribution < 1.29 is 36.3 Å². The van der Waals surface area contributed by atoms with Crippen LogP contribution in [-0.2, 0) is 9.59 Å². The number of carbonyl (C=O) groups is 2. The van der Waals surface area contributed by atoms with Crippen molar-refractivity contribution >= 4 is 23.4 Å². The van der Waals surface area contributed by atoms with Gasteiger partial charge in [0.25, 0.3) is 0 Å². The van der Waals surface area contributed by atoms with E-state index in [1.165, 1.54) is 6.07 Å². The number of carbonyl (C=O) groups excluding carboxylic acids is 2. The van der Waals surface area contributed by atoms with Crippen LogP contribution in [0.15, 0.2) is 24.3 Å². The zero-order chi connectivity index (χ0) is 20.6. The van der Waals surface area contributed by atoms with E-state index in [2.05, 4.69) is 4.74 Å². The molecular weight excluding hydrogens is 407 g/mol. The number of rotatable bonds is 3. The van der Waals surface area contributed by atoms with Gasteiger partial charge in [0.2, 0.25) is 34.8 Å². The summed E-state index contributed by atoms with van der Waals surface area (Å²) in [5, 5.41) is 0.349. The minimum atomic E-state index is -2.35. The standard InChI is InChI=1S/C19H12ClF5O3/c20-9-3-1-2-8(6-9)12-7-10(26)4-5-11(12)19(27)28-18-16(24)14(22)13(21)15(23)17(18)25/h1-3,6,11-12H,4-5,7H2/t11-,12+/m1/s1. The number of esters is 1. The summed E-state index contributed by atoms with van der Waals surface area (Å²) in [4.78, 5) is 24.4. The highest BCUT2D eigenvalue weighted by Crippen LogP contribution is 2.39. The molecule has 0 radical (unpaired) electrons. The van der Waals surface area contributed by atoms with Gasteiger partial charge in [-0.2, -0.15) is 8.78 Å². The Kier molecular flexibility index (Phi) is 5.69. The van der Waals surface area contributed by atoms with E-state index in [9.17, 15) is 31.5 Å². The van der Waals surface area contributed by atoms with Crippen LogP contribution < -0.4 is 4.74 Å². The molecule has 3 nitrogen and oxygen atoms in total. The van der Waals surface area contributed by atoms with Gasteiger partial charge in [-0.15, -0.1) is 0 Å². The van der Waals surface area contributed by atoms with Gasteiger partial charge in [0.15, 0.2) is 0 Å². The molecule has 0 aromatic heterocycles. The second kappa shape index (κ2) is 7.87. The van der Waals surface area contributed by atoms with E-state index in [1.807, 2.05) is 0 Å². The SMILES string of the molecule is O=C1CC[C@@H](C(=O)Oc2c(F)c(F)c(F)c(F)c2F)[C@H](c2cccc(Cl)c2)C1. The maximum atomic E-state index is 13.8. The van der Waals surface area contributed by atoms with Crippen LogP contribution in [0.5, 0.6) is 5.75 Å². The molecule has 0 aliphatic heterocycles. The number of hydrogen-bond acceptors (Lipinski definition) is 3. The van der Waals surface area contributed by atoms with Crippen molar-refractivity contribution in [3.63, 3.8) is 0 Å². The highest BCUT2D eigenvalue weighted by atomic mass is 35.5. The Balaban J connectivity index is 1.94. The average molecular weight is 419 g/mol. The van der Waals surface area contributed by atoms with Gasteiger partial charge >= 0.3 is 5.97 Å². The maximum absolute atomic E-state index is 13.8. The molecule has 2 aromatic rings. The lowest BCUT2D eigenvalue weighted by atomic mass is 9.75. The van der Waals surface area contributed by atoms with Gasteiger partial charge in [-0.1, -0.05) is 23.7 Å².